The van der Waals surface area contributed by atoms with Crippen LogP contribution in [-0.2, 0) is 11.3 Å². The highest BCUT2D eigenvalue weighted by molar-refractivity contribution is 6.04. The number of methoxy groups -OCH3 is 1. The van der Waals surface area contributed by atoms with Crippen molar-refractivity contribution >= 4 is 16.7 Å². The van der Waals surface area contributed by atoms with Crippen LogP contribution in [0.1, 0.15) is 28.4 Å². The number of ether oxygens (including phenoxy) is 2. The number of rotatable bonds is 4. The molecule has 0 bridgehead atoms. The van der Waals surface area contributed by atoms with Crippen LogP contribution >= 0.6 is 0 Å². The Hall–Kier alpha value is -2.27. The average Bonchev–Trinajstić information content (AvgIpc) is 2.46. The van der Waals surface area contributed by atoms with Crippen LogP contribution in [0.2, 0.25) is 0 Å². The Kier molecular flexibility index (Phi) is 4.33. The fraction of sp³-hybridized carbons (Fsp3) is 0.312. The molecule has 0 aliphatic carbocycles. The van der Waals surface area contributed by atoms with Gasteiger partial charge in [-0.1, -0.05) is 0 Å². The van der Waals surface area contributed by atoms with Crippen molar-refractivity contribution in [2.75, 3.05) is 13.7 Å². The predicted octanol–water partition coefficient (Wildman–Crippen LogP) is 2.53. The number of phenolic OH excluding ortho intramolecular Hbond substituents is 1. The number of aromatic hydroxyl groups is 1. The third-order valence-corrected chi connectivity index (χ3v) is 3.35. The zero-order valence-electron chi connectivity index (χ0n) is 12.3. The van der Waals surface area contributed by atoms with Crippen LogP contribution in [0.25, 0.3) is 10.8 Å². The first-order valence-electron chi connectivity index (χ1n) is 6.64. The van der Waals surface area contributed by atoms with Crippen LogP contribution in [0.4, 0.5) is 0 Å². The van der Waals surface area contributed by atoms with Crippen LogP contribution in [0.5, 0.6) is 11.5 Å². The smallest absolute Gasteiger partial charge is 0.342 e. The Balaban J connectivity index is 2.79. The van der Waals surface area contributed by atoms with Gasteiger partial charge in [0.15, 0.2) is 0 Å². The number of carbonyl (C=O) groups is 1. The summed E-state index contributed by atoms with van der Waals surface area (Å²) in [5.74, 6) is -0.168. The molecule has 0 aliphatic rings. The summed E-state index contributed by atoms with van der Waals surface area (Å²) in [5, 5.41) is 21.2. The molecule has 0 spiro atoms. The largest absolute Gasteiger partial charge is 0.506 e. The van der Waals surface area contributed by atoms with Gasteiger partial charge >= 0.3 is 5.97 Å². The Morgan fingerprint density at radius 3 is 2.57 bits per heavy atom. The van der Waals surface area contributed by atoms with E-state index in [1.54, 1.807) is 32.2 Å². The van der Waals surface area contributed by atoms with E-state index in [0.29, 0.717) is 22.1 Å². The molecular formula is C16H18O5. The first-order chi connectivity index (χ1) is 10.0. The van der Waals surface area contributed by atoms with Crippen LogP contribution in [0.15, 0.2) is 18.2 Å². The maximum absolute atomic E-state index is 12.0. The molecule has 0 amide bonds. The molecule has 0 radical (unpaired) electrons. The lowest BCUT2D eigenvalue weighted by atomic mass is 9.96. The standard InChI is InChI=1S/C16H18O5/c1-4-21-16(19)14-11(8-17)6-10-7-12(20-3)5-9(2)13(10)15(14)18/h5-7,17-18H,4,8H2,1-3H3. The second-order valence-corrected chi connectivity index (χ2v) is 4.68. The van der Waals surface area contributed by atoms with Gasteiger partial charge in [-0.3, -0.25) is 0 Å². The average molecular weight is 290 g/mol. The molecule has 0 aliphatic heterocycles. The van der Waals surface area contributed by atoms with Crippen molar-refractivity contribution in [1.29, 1.82) is 0 Å². The lowest BCUT2D eigenvalue weighted by molar-refractivity contribution is 0.0519. The molecule has 0 aromatic heterocycles. The van der Waals surface area contributed by atoms with Gasteiger partial charge in [0, 0.05) is 5.39 Å². The van der Waals surface area contributed by atoms with Crippen molar-refractivity contribution in [3.63, 3.8) is 0 Å². The first kappa shape index (κ1) is 15.1. The zero-order valence-corrected chi connectivity index (χ0v) is 12.3. The van der Waals surface area contributed by atoms with Crippen molar-refractivity contribution in [3.8, 4) is 11.5 Å². The quantitative estimate of drug-likeness (QED) is 0.846. The highest BCUT2D eigenvalue weighted by Gasteiger charge is 2.21. The zero-order chi connectivity index (χ0) is 15.6. The monoisotopic (exact) mass is 290 g/mol. The van der Waals surface area contributed by atoms with E-state index in [1.807, 2.05) is 6.92 Å². The Bertz CT molecular complexity index is 691. The lowest BCUT2D eigenvalue weighted by Gasteiger charge is -2.14. The normalized spacial score (nSPS) is 10.7. The van der Waals surface area contributed by atoms with Gasteiger partial charge in [-0.25, -0.2) is 4.79 Å². The number of benzene rings is 2. The summed E-state index contributed by atoms with van der Waals surface area (Å²) in [6, 6.07) is 5.18. The van der Waals surface area contributed by atoms with Crippen LogP contribution in [-0.4, -0.2) is 29.9 Å². The van der Waals surface area contributed by atoms with Crippen LogP contribution in [0.3, 0.4) is 0 Å². The molecule has 2 aromatic rings. The Morgan fingerprint density at radius 1 is 1.29 bits per heavy atom. The van der Waals surface area contributed by atoms with Gasteiger partial charge in [0.2, 0.25) is 0 Å². The number of aryl methyl sites for hydroxylation is 1. The van der Waals surface area contributed by atoms with E-state index in [1.165, 1.54) is 0 Å². The SMILES string of the molecule is CCOC(=O)c1c(CO)cc2cc(OC)cc(C)c2c1O. The maximum atomic E-state index is 12.0. The van der Waals surface area contributed by atoms with Crippen molar-refractivity contribution in [2.45, 2.75) is 20.5 Å². The summed E-state index contributed by atoms with van der Waals surface area (Å²) in [6.45, 7) is 3.33. The minimum atomic E-state index is -0.642. The number of aliphatic hydroxyl groups is 1. The Morgan fingerprint density at radius 2 is 2.00 bits per heavy atom. The summed E-state index contributed by atoms with van der Waals surface area (Å²) in [4.78, 5) is 12.0. The first-order valence-corrected chi connectivity index (χ1v) is 6.64. The summed E-state index contributed by atoms with van der Waals surface area (Å²) < 4.78 is 10.1. The topological polar surface area (TPSA) is 76.0 Å². The van der Waals surface area contributed by atoms with Gasteiger partial charge < -0.3 is 19.7 Å². The highest BCUT2D eigenvalue weighted by Crippen LogP contribution is 2.37. The number of carbonyl (C=O) groups excluding carboxylic acids is 1. The lowest BCUT2D eigenvalue weighted by Crippen LogP contribution is -2.09. The third kappa shape index (κ3) is 2.64. The molecule has 0 fully saturated rings. The van der Waals surface area contributed by atoms with Gasteiger partial charge in [0.05, 0.1) is 20.3 Å². The minimum absolute atomic E-state index is 0.0140. The van der Waals surface area contributed by atoms with E-state index in [9.17, 15) is 15.0 Å². The van der Waals surface area contributed by atoms with Gasteiger partial charge in [0.25, 0.3) is 0 Å². The maximum Gasteiger partial charge on any atom is 0.342 e. The van der Waals surface area contributed by atoms with E-state index in [2.05, 4.69) is 0 Å². The van der Waals surface area contributed by atoms with E-state index < -0.39 is 5.97 Å². The Labute approximate surface area is 122 Å². The molecule has 112 valence electrons. The summed E-state index contributed by atoms with van der Waals surface area (Å²) in [5.41, 5.74) is 1.11. The van der Waals surface area contributed by atoms with Crippen molar-refractivity contribution in [2.24, 2.45) is 0 Å². The van der Waals surface area contributed by atoms with Crippen LogP contribution < -0.4 is 4.74 Å². The molecule has 2 aromatic carbocycles. The molecule has 0 heterocycles. The molecular weight excluding hydrogens is 272 g/mol. The number of esters is 1. The highest BCUT2D eigenvalue weighted by atomic mass is 16.5. The second-order valence-electron chi connectivity index (χ2n) is 4.68. The molecule has 5 heteroatoms. The number of aliphatic hydroxyl groups excluding tert-OH is 1. The molecule has 0 unspecified atom stereocenters. The fourth-order valence-electron chi connectivity index (χ4n) is 2.43. The molecule has 0 saturated carbocycles. The van der Waals surface area contributed by atoms with Crippen LogP contribution in [0, 0.1) is 6.92 Å². The third-order valence-electron chi connectivity index (χ3n) is 3.35. The molecule has 0 atom stereocenters. The molecule has 2 rings (SSSR count). The number of hydrogen-bond acceptors (Lipinski definition) is 5. The second kappa shape index (κ2) is 6.01. The summed E-state index contributed by atoms with van der Waals surface area (Å²) >= 11 is 0. The summed E-state index contributed by atoms with van der Waals surface area (Å²) in [7, 11) is 1.56. The van der Waals surface area contributed by atoms with E-state index in [-0.39, 0.29) is 24.5 Å². The van der Waals surface area contributed by atoms with Crippen molar-refractivity contribution in [1.82, 2.24) is 0 Å². The molecule has 21 heavy (non-hydrogen) atoms. The van der Waals surface area contributed by atoms with Gasteiger partial charge in [-0.15, -0.1) is 0 Å². The molecule has 5 nitrogen and oxygen atoms in total. The molecule has 0 saturated heterocycles. The van der Waals surface area contributed by atoms with E-state index in [0.717, 1.165) is 5.56 Å². The van der Waals surface area contributed by atoms with Crippen molar-refractivity contribution in [3.05, 3.63) is 34.9 Å². The number of fused-ring (bicyclic) bond motifs is 1. The van der Waals surface area contributed by atoms with E-state index >= 15 is 0 Å². The minimum Gasteiger partial charge on any atom is -0.506 e. The number of hydrogen-bond donors (Lipinski definition) is 2. The fourth-order valence-corrected chi connectivity index (χ4v) is 2.43. The summed E-state index contributed by atoms with van der Waals surface area (Å²) in [6.07, 6.45) is 0. The van der Waals surface area contributed by atoms with Gasteiger partial charge in [-0.2, -0.15) is 0 Å². The van der Waals surface area contributed by atoms with Gasteiger partial charge in [0.1, 0.15) is 17.1 Å². The molecule has 2 N–H and O–H groups in total. The number of phenols is 1. The predicted molar refractivity (Wildman–Crippen MR) is 78.8 cm³/mol. The van der Waals surface area contributed by atoms with Crippen molar-refractivity contribution < 1.29 is 24.5 Å². The van der Waals surface area contributed by atoms with Gasteiger partial charge in [-0.05, 0) is 48.6 Å². The van der Waals surface area contributed by atoms with E-state index in [4.69, 9.17) is 9.47 Å².